The second-order valence-electron chi connectivity index (χ2n) is 3.43. The summed E-state index contributed by atoms with van der Waals surface area (Å²) in [7, 11) is 1.33. The van der Waals surface area contributed by atoms with Gasteiger partial charge in [-0.2, -0.15) is 0 Å². The number of aryl methyl sites for hydroxylation is 1. The van der Waals surface area contributed by atoms with Crippen LogP contribution in [0, 0.1) is 0 Å². The van der Waals surface area contributed by atoms with Crippen LogP contribution in [0.25, 0.3) is 0 Å². The van der Waals surface area contributed by atoms with E-state index in [9.17, 15) is 8.42 Å². The summed E-state index contributed by atoms with van der Waals surface area (Å²) >= 11 is 0. The van der Waals surface area contributed by atoms with Crippen LogP contribution in [0.2, 0.25) is 0 Å². The third kappa shape index (κ3) is 2.78. The van der Waals surface area contributed by atoms with Crippen LogP contribution in [0.1, 0.15) is 5.69 Å². The number of aliphatic hydroxyl groups excluding tert-OH is 1. The summed E-state index contributed by atoms with van der Waals surface area (Å²) in [6.45, 7) is -0.187. The highest BCUT2D eigenvalue weighted by Gasteiger charge is 2.17. The molecule has 1 heterocycles. The maximum absolute atomic E-state index is 11.7. The summed E-state index contributed by atoms with van der Waals surface area (Å²) in [6.07, 6.45) is 1.46. The Hall–Kier alpha value is -0.890. The normalized spacial score (nSPS) is 12.3. The Kier molecular flexibility index (Phi) is 3.50. The van der Waals surface area contributed by atoms with Gasteiger partial charge in [-0.3, -0.25) is 0 Å². The summed E-state index contributed by atoms with van der Waals surface area (Å²) in [5.41, 5.74) is 0.550. The van der Waals surface area contributed by atoms with E-state index in [0.29, 0.717) is 5.69 Å². The van der Waals surface area contributed by atoms with Gasteiger partial charge in [0, 0.05) is 33.0 Å². The van der Waals surface area contributed by atoms with Gasteiger partial charge in [-0.05, 0) is 6.07 Å². The Morgan fingerprint density at radius 2 is 2.13 bits per heavy atom. The molecule has 1 aromatic heterocycles. The lowest BCUT2D eigenvalue weighted by molar-refractivity contribution is 0.272. The summed E-state index contributed by atoms with van der Waals surface area (Å²) in [5.74, 6) is 0. The zero-order valence-electron chi connectivity index (χ0n) is 8.93. The zero-order chi connectivity index (χ0) is 11.6. The first-order valence-electron chi connectivity index (χ1n) is 4.32. The van der Waals surface area contributed by atoms with Crippen molar-refractivity contribution in [3.8, 4) is 0 Å². The minimum Gasteiger partial charge on any atom is -0.390 e. The standard InChI is InChI=1S/C8H15N3O3S/c1-10(2)9-15(13,14)8-4-7(6-12)11(3)5-8/h4-5,9,12H,6H2,1-3H3. The van der Waals surface area contributed by atoms with E-state index in [4.69, 9.17) is 5.11 Å². The quantitative estimate of drug-likeness (QED) is 0.673. The fourth-order valence-corrected chi connectivity index (χ4v) is 2.35. The van der Waals surface area contributed by atoms with E-state index in [0.717, 1.165) is 0 Å². The van der Waals surface area contributed by atoms with Crippen LogP contribution in [0.5, 0.6) is 0 Å². The van der Waals surface area contributed by atoms with E-state index in [2.05, 4.69) is 4.83 Å². The molecule has 0 saturated heterocycles. The molecule has 1 aromatic rings. The number of sulfonamides is 1. The average Bonchev–Trinajstić information content (AvgIpc) is 2.45. The van der Waals surface area contributed by atoms with Crippen LogP contribution in [-0.4, -0.2) is 37.2 Å². The van der Waals surface area contributed by atoms with Gasteiger partial charge in [0.15, 0.2) is 0 Å². The predicted molar refractivity (Wildman–Crippen MR) is 55.3 cm³/mol. The SMILES string of the molecule is CN(C)NS(=O)(=O)c1cc(CO)n(C)c1. The first kappa shape index (κ1) is 12.2. The van der Waals surface area contributed by atoms with Crippen molar-refractivity contribution in [2.24, 2.45) is 7.05 Å². The van der Waals surface area contributed by atoms with Crippen LogP contribution >= 0.6 is 0 Å². The molecule has 7 heteroatoms. The maximum atomic E-state index is 11.7. The molecule has 0 aliphatic rings. The van der Waals surface area contributed by atoms with Gasteiger partial charge in [-0.25, -0.2) is 13.4 Å². The van der Waals surface area contributed by atoms with Crippen molar-refractivity contribution in [3.05, 3.63) is 18.0 Å². The van der Waals surface area contributed by atoms with Gasteiger partial charge in [0.25, 0.3) is 10.0 Å². The minimum absolute atomic E-state index is 0.141. The number of aromatic nitrogens is 1. The summed E-state index contributed by atoms with van der Waals surface area (Å²) < 4.78 is 24.9. The van der Waals surface area contributed by atoms with Crippen molar-refractivity contribution >= 4 is 10.0 Å². The molecule has 0 aromatic carbocycles. The Morgan fingerprint density at radius 1 is 1.53 bits per heavy atom. The van der Waals surface area contributed by atoms with E-state index in [1.807, 2.05) is 0 Å². The fourth-order valence-electron chi connectivity index (χ4n) is 1.17. The van der Waals surface area contributed by atoms with Crippen molar-refractivity contribution in [1.29, 1.82) is 0 Å². The molecule has 0 spiro atoms. The van der Waals surface area contributed by atoms with E-state index in [1.54, 1.807) is 25.7 Å². The maximum Gasteiger partial charge on any atom is 0.254 e. The van der Waals surface area contributed by atoms with Crippen molar-refractivity contribution in [1.82, 2.24) is 14.4 Å². The van der Waals surface area contributed by atoms with E-state index in [-0.39, 0.29) is 11.5 Å². The number of nitrogens with zero attached hydrogens (tertiary/aromatic N) is 2. The van der Waals surface area contributed by atoms with Gasteiger partial charge >= 0.3 is 0 Å². The lowest BCUT2D eigenvalue weighted by atomic mass is 10.5. The molecule has 0 aliphatic heterocycles. The molecule has 0 unspecified atom stereocenters. The summed E-state index contributed by atoms with van der Waals surface area (Å²) in [6, 6.07) is 1.44. The molecule has 0 amide bonds. The molecule has 0 radical (unpaired) electrons. The first-order chi connectivity index (χ1) is 6.86. The molecule has 6 nitrogen and oxygen atoms in total. The lowest BCUT2D eigenvalue weighted by Gasteiger charge is -2.10. The van der Waals surface area contributed by atoms with E-state index in [1.165, 1.54) is 17.3 Å². The predicted octanol–water partition coefficient (Wildman–Crippen LogP) is -0.728. The Labute approximate surface area is 89.1 Å². The zero-order valence-corrected chi connectivity index (χ0v) is 9.74. The number of hydrogen-bond acceptors (Lipinski definition) is 4. The molecular weight excluding hydrogens is 218 g/mol. The van der Waals surface area contributed by atoms with Gasteiger partial charge in [-0.1, -0.05) is 0 Å². The minimum atomic E-state index is -3.53. The number of aliphatic hydroxyl groups is 1. The van der Waals surface area contributed by atoms with Crippen molar-refractivity contribution in [2.75, 3.05) is 14.1 Å². The second-order valence-corrected chi connectivity index (χ2v) is 5.09. The molecule has 2 N–H and O–H groups in total. The Morgan fingerprint density at radius 3 is 2.53 bits per heavy atom. The number of hydrazine groups is 1. The molecule has 0 bridgehead atoms. The largest absolute Gasteiger partial charge is 0.390 e. The Bertz CT molecular complexity index is 436. The lowest BCUT2D eigenvalue weighted by Crippen LogP contribution is -2.35. The Balaban J connectivity index is 3.05. The fraction of sp³-hybridized carbons (Fsp3) is 0.500. The highest BCUT2D eigenvalue weighted by atomic mass is 32.2. The van der Waals surface area contributed by atoms with Crippen molar-refractivity contribution in [3.63, 3.8) is 0 Å². The highest BCUT2D eigenvalue weighted by Crippen LogP contribution is 2.13. The molecule has 1 rings (SSSR count). The molecule has 86 valence electrons. The average molecular weight is 233 g/mol. The van der Waals surface area contributed by atoms with Crippen molar-refractivity contribution < 1.29 is 13.5 Å². The van der Waals surface area contributed by atoms with Crippen molar-refractivity contribution in [2.45, 2.75) is 11.5 Å². The number of rotatable bonds is 4. The topological polar surface area (TPSA) is 74.6 Å². The van der Waals surface area contributed by atoms with Crippen LogP contribution < -0.4 is 4.83 Å². The first-order valence-corrected chi connectivity index (χ1v) is 5.81. The number of nitrogens with one attached hydrogen (secondary N) is 1. The third-order valence-corrected chi connectivity index (χ3v) is 3.31. The molecule has 0 fully saturated rings. The summed E-state index contributed by atoms with van der Waals surface area (Å²) in [4.78, 5) is 2.45. The van der Waals surface area contributed by atoms with Gasteiger partial charge in [0.05, 0.1) is 6.61 Å². The van der Waals surface area contributed by atoms with Gasteiger partial charge < -0.3 is 9.67 Å². The second kappa shape index (κ2) is 4.31. The van der Waals surface area contributed by atoms with E-state index < -0.39 is 10.0 Å². The highest BCUT2D eigenvalue weighted by molar-refractivity contribution is 7.89. The van der Waals surface area contributed by atoms with Crippen LogP contribution in [0.15, 0.2) is 17.2 Å². The molecule has 15 heavy (non-hydrogen) atoms. The van der Waals surface area contributed by atoms with Gasteiger partial charge in [0.1, 0.15) is 4.90 Å². The number of hydrogen-bond donors (Lipinski definition) is 2. The third-order valence-electron chi connectivity index (χ3n) is 1.86. The smallest absolute Gasteiger partial charge is 0.254 e. The van der Waals surface area contributed by atoms with E-state index >= 15 is 0 Å². The van der Waals surface area contributed by atoms with Crippen LogP contribution in [-0.2, 0) is 23.7 Å². The molecule has 0 atom stereocenters. The molecule has 0 saturated carbocycles. The monoisotopic (exact) mass is 233 g/mol. The molecular formula is C8H15N3O3S. The van der Waals surface area contributed by atoms with Gasteiger partial charge in [0.2, 0.25) is 0 Å². The molecule has 0 aliphatic carbocycles. The van der Waals surface area contributed by atoms with Crippen LogP contribution in [0.3, 0.4) is 0 Å². The van der Waals surface area contributed by atoms with Gasteiger partial charge in [-0.15, -0.1) is 4.83 Å². The van der Waals surface area contributed by atoms with Crippen LogP contribution in [0.4, 0.5) is 0 Å². The summed E-state index contributed by atoms with van der Waals surface area (Å²) in [5, 5.41) is 10.3.